The molecule has 1 amide bonds. The number of nitrogens with zero attached hydrogens (tertiary/aromatic N) is 1. The van der Waals surface area contributed by atoms with Crippen molar-refractivity contribution in [2.45, 2.75) is 13.3 Å². The zero-order valence-electron chi connectivity index (χ0n) is 10.6. The normalized spacial score (nSPS) is 10.3. The topological polar surface area (TPSA) is 85.4 Å². The predicted octanol–water partition coefficient (Wildman–Crippen LogP) is 3.61. The third kappa shape index (κ3) is 3.16. The maximum atomic E-state index is 12.0. The fourth-order valence-corrected chi connectivity index (χ4v) is 2.26. The SMILES string of the molecule is CCc1cc(I)ccc1NC(=O)c1ccc([N+](=O)[O-])o1. The number of rotatable bonds is 4. The molecule has 1 aromatic heterocycles. The van der Waals surface area contributed by atoms with Crippen molar-refractivity contribution in [2.75, 3.05) is 5.32 Å². The Morgan fingerprint density at radius 1 is 1.40 bits per heavy atom. The van der Waals surface area contributed by atoms with Crippen LogP contribution in [0.25, 0.3) is 0 Å². The number of nitro groups is 1. The van der Waals surface area contributed by atoms with Gasteiger partial charge in [0.25, 0.3) is 5.91 Å². The maximum absolute atomic E-state index is 12.0. The fourth-order valence-electron chi connectivity index (χ4n) is 1.71. The summed E-state index contributed by atoms with van der Waals surface area (Å²) >= 11 is 2.20. The van der Waals surface area contributed by atoms with Gasteiger partial charge < -0.3 is 9.73 Å². The van der Waals surface area contributed by atoms with E-state index in [2.05, 4.69) is 27.9 Å². The average Bonchev–Trinajstić information content (AvgIpc) is 2.90. The summed E-state index contributed by atoms with van der Waals surface area (Å²) in [7, 11) is 0. The zero-order chi connectivity index (χ0) is 14.7. The lowest BCUT2D eigenvalue weighted by Crippen LogP contribution is -2.12. The summed E-state index contributed by atoms with van der Waals surface area (Å²) in [4.78, 5) is 21.8. The number of halogens is 1. The molecule has 0 saturated carbocycles. The van der Waals surface area contributed by atoms with Gasteiger partial charge in [-0.1, -0.05) is 6.92 Å². The van der Waals surface area contributed by atoms with Crippen molar-refractivity contribution in [3.8, 4) is 0 Å². The minimum absolute atomic E-state index is 0.0858. The van der Waals surface area contributed by atoms with Gasteiger partial charge in [-0.15, -0.1) is 0 Å². The van der Waals surface area contributed by atoms with Gasteiger partial charge in [0.15, 0.2) is 5.76 Å². The standard InChI is InChI=1S/C13H11IN2O4/c1-2-8-7-9(14)3-4-10(8)15-13(17)11-5-6-12(20-11)16(18)19/h3-7H,2H2,1H3,(H,15,17). The number of nitrogens with one attached hydrogen (secondary N) is 1. The van der Waals surface area contributed by atoms with Gasteiger partial charge >= 0.3 is 5.88 Å². The lowest BCUT2D eigenvalue weighted by Gasteiger charge is -2.09. The molecule has 104 valence electrons. The van der Waals surface area contributed by atoms with E-state index in [-0.39, 0.29) is 5.76 Å². The molecule has 0 bridgehead atoms. The molecule has 2 rings (SSSR count). The molecule has 6 nitrogen and oxygen atoms in total. The number of carbonyl (C=O) groups is 1. The molecule has 0 fully saturated rings. The highest BCUT2D eigenvalue weighted by atomic mass is 127. The number of hydrogen-bond donors (Lipinski definition) is 1. The van der Waals surface area contributed by atoms with Crippen molar-refractivity contribution in [2.24, 2.45) is 0 Å². The van der Waals surface area contributed by atoms with Crippen LogP contribution in [0.2, 0.25) is 0 Å². The number of anilines is 1. The molecule has 0 aliphatic rings. The molecule has 0 atom stereocenters. The summed E-state index contributed by atoms with van der Waals surface area (Å²) in [6.45, 7) is 1.98. The molecule has 0 saturated heterocycles. The van der Waals surface area contributed by atoms with E-state index in [1.54, 1.807) is 6.07 Å². The molecule has 2 aromatic rings. The van der Waals surface area contributed by atoms with E-state index in [1.165, 1.54) is 6.07 Å². The highest BCUT2D eigenvalue weighted by Gasteiger charge is 2.18. The van der Waals surface area contributed by atoms with Crippen LogP contribution < -0.4 is 5.32 Å². The Labute approximate surface area is 128 Å². The highest BCUT2D eigenvalue weighted by Crippen LogP contribution is 2.21. The van der Waals surface area contributed by atoms with Crippen LogP contribution in [0.1, 0.15) is 23.0 Å². The van der Waals surface area contributed by atoms with Gasteiger partial charge in [-0.05, 0) is 58.8 Å². The van der Waals surface area contributed by atoms with Crippen LogP contribution in [0.15, 0.2) is 34.7 Å². The van der Waals surface area contributed by atoms with Gasteiger partial charge in [0.05, 0.1) is 6.07 Å². The van der Waals surface area contributed by atoms with Crippen LogP contribution in [0.5, 0.6) is 0 Å². The van der Waals surface area contributed by atoms with Crippen LogP contribution in [-0.4, -0.2) is 10.8 Å². The Morgan fingerprint density at radius 3 is 2.75 bits per heavy atom. The minimum atomic E-state index is -0.681. The first-order valence-electron chi connectivity index (χ1n) is 5.85. The van der Waals surface area contributed by atoms with E-state index < -0.39 is 16.7 Å². The first-order chi connectivity index (χ1) is 9.51. The molecule has 0 radical (unpaired) electrons. The number of carbonyl (C=O) groups excluding carboxylic acids is 1. The predicted molar refractivity (Wildman–Crippen MR) is 81.9 cm³/mol. The van der Waals surface area contributed by atoms with Gasteiger partial charge in [0, 0.05) is 9.26 Å². The van der Waals surface area contributed by atoms with Crippen molar-refractivity contribution < 1.29 is 14.1 Å². The van der Waals surface area contributed by atoms with Crippen LogP contribution in [0, 0.1) is 13.7 Å². The summed E-state index contributed by atoms with van der Waals surface area (Å²) in [5, 5.41) is 13.2. The lowest BCUT2D eigenvalue weighted by atomic mass is 10.1. The quantitative estimate of drug-likeness (QED) is 0.494. The third-order valence-electron chi connectivity index (χ3n) is 2.69. The Morgan fingerprint density at radius 2 is 2.15 bits per heavy atom. The zero-order valence-corrected chi connectivity index (χ0v) is 12.7. The minimum Gasteiger partial charge on any atom is -0.395 e. The smallest absolute Gasteiger partial charge is 0.395 e. The Hall–Kier alpha value is -1.90. The van der Waals surface area contributed by atoms with Gasteiger partial charge in [0.2, 0.25) is 0 Å². The number of amides is 1. The summed E-state index contributed by atoms with van der Waals surface area (Å²) in [5.74, 6) is -1.04. The van der Waals surface area contributed by atoms with Gasteiger partial charge in [0.1, 0.15) is 4.92 Å². The van der Waals surface area contributed by atoms with E-state index in [0.717, 1.165) is 21.6 Å². The van der Waals surface area contributed by atoms with Crippen molar-refractivity contribution in [1.29, 1.82) is 0 Å². The fraction of sp³-hybridized carbons (Fsp3) is 0.154. The van der Waals surface area contributed by atoms with Crippen molar-refractivity contribution in [3.63, 3.8) is 0 Å². The largest absolute Gasteiger partial charge is 0.433 e. The Kier molecular flexibility index (Phi) is 4.38. The first kappa shape index (κ1) is 14.5. The second kappa shape index (κ2) is 6.04. The van der Waals surface area contributed by atoms with Crippen LogP contribution in [0.3, 0.4) is 0 Å². The van der Waals surface area contributed by atoms with Crippen molar-refractivity contribution in [1.82, 2.24) is 0 Å². The molecule has 1 N–H and O–H groups in total. The van der Waals surface area contributed by atoms with E-state index in [4.69, 9.17) is 4.42 Å². The molecule has 1 heterocycles. The molecule has 0 spiro atoms. The van der Waals surface area contributed by atoms with Crippen molar-refractivity contribution >= 4 is 40.1 Å². The number of benzene rings is 1. The Balaban J connectivity index is 2.20. The monoisotopic (exact) mass is 386 g/mol. The third-order valence-corrected chi connectivity index (χ3v) is 3.36. The molecule has 7 heteroatoms. The van der Waals surface area contributed by atoms with Gasteiger partial charge in [-0.2, -0.15) is 0 Å². The summed E-state index contributed by atoms with van der Waals surface area (Å²) < 4.78 is 5.94. The number of hydrogen-bond acceptors (Lipinski definition) is 4. The van der Waals surface area contributed by atoms with Crippen LogP contribution >= 0.6 is 22.6 Å². The van der Waals surface area contributed by atoms with Crippen LogP contribution in [0.4, 0.5) is 11.6 Å². The Bertz CT molecular complexity index is 666. The molecule has 0 aliphatic heterocycles. The second-order valence-corrected chi connectivity index (χ2v) is 5.25. The molecule has 0 unspecified atom stereocenters. The molecular formula is C13H11IN2O4. The molecular weight excluding hydrogens is 375 g/mol. The van der Waals surface area contributed by atoms with Crippen molar-refractivity contribution in [3.05, 3.63) is 55.3 Å². The summed E-state index contributed by atoms with van der Waals surface area (Å²) in [6.07, 6.45) is 0.769. The molecule has 0 aliphatic carbocycles. The first-order valence-corrected chi connectivity index (χ1v) is 6.93. The van der Waals surface area contributed by atoms with Gasteiger partial charge in [-0.3, -0.25) is 14.9 Å². The average molecular weight is 386 g/mol. The van der Waals surface area contributed by atoms with E-state index in [9.17, 15) is 14.9 Å². The summed E-state index contributed by atoms with van der Waals surface area (Å²) in [6, 6.07) is 8.09. The highest BCUT2D eigenvalue weighted by molar-refractivity contribution is 14.1. The molecule has 20 heavy (non-hydrogen) atoms. The number of furan rings is 1. The van der Waals surface area contributed by atoms with Crippen LogP contribution in [-0.2, 0) is 6.42 Å². The van der Waals surface area contributed by atoms with E-state index in [1.807, 2.05) is 19.1 Å². The molecule has 1 aromatic carbocycles. The lowest BCUT2D eigenvalue weighted by molar-refractivity contribution is -0.402. The van der Waals surface area contributed by atoms with Gasteiger partial charge in [-0.25, -0.2) is 0 Å². The van der Waals surface area contributed by atoms with E-state index in [0.29, 0.717) is 5.69 Å². The van der Waals surface area contributed by atoms with E-state index >= 15 is 0 Å². The second-order valence-electron chi connectivity index (χ2n) is 4.00. The number of aryl methyl sites for hydroxylation is 1. The maximum Gasteiger partial charge on any atom is 0.433 e. The summed E-state index contributed by atoms with van der Waals surface area (Å²) in [5.41, 5.74) is 1.67.